The Kier molecular flexibility index (Phi) is 11.3. The van der Waals surface area contributed by atoms with Gasteiger partial charge in [0, 0.05) is 25.6 Å². The van der Waals surface area contributed by atoms with Gasteiger partial charge in [0.25, 0.3) is 0 Å². The summed E-state index contributed by atoms with van der Waals surface area (Å²) in [6.07, 6.45) is 1.19. The molecule has 0 aliphatic carbocycles. The zero-order chi connectivity index (χ0) is 30.9. The Hall–Kier alpha value is -4.12. The monoisotopic (exact) mass is 599 g/mol. The number of hydrogen-bond donors (Lipinski definition) is 1. The van der Waals surface area contributed by atoms with Crippen molar-refractivity contribution < 1.29 is 31.9 Å². The fourth-order valence-corrected chi connectivity index (χ4v) is 5.20. The number of sulfonamides is 1. The minimum absolute atomic E-state index is 0.0464. The fourth-order valence-electron chi connectivity index (χ4n) is 4.36. The normalized spacial score (nSPS) is 12.0. The summed E-state index contributed by atoms with van der Waals surface area (Å²) in [6, 6.07) is 18.4. The second kappa shape index (κ2) is 14.7. The lowest BCUT2D eigenvalue weighted by atomic mass is 10.0. The van der Waals surface area contributed by atoms with E-state index < -0.39 is 34.3 Å². The second-order valence-electron chi connectivity index (χ2n) is 10.3. The maximum atomic E-state index is 14.1. The molecule has 0 aliphatic rings. The highest BCUT2D eigenvalue weighted by atomic mass is 32.2. The van der Waals surface area contributed by atoms with Crippen LogP contribution in [0.4, 0.5) is 10.1 Å². The van der Waals surface area contributed by atoms with Crippen molar-refractivity contribution in [1.29, 1.82) is 0 Å². The Balaban J connectivity index is 2.06. The molecule has 0 unspecified atom stereocenters. The fraction of sp³-hybridized carbons (Fsp3) is 0.355. The summed E-state index contributed by atoms with van der Waals surface area (Å²) in [7, 11) is -1.08. The molecule has 226 valence electrons. The van der Waals surface area contributed by atoms with Gasteiger partial charge >= 0.3 is 0 Å². The summed E-state index contributed by atoms with van der Waals surface area (Å²) >= 11 is 0. The predicted molar refractivity (Wildman–Crippen MR) is 160 cm³/mol. The van der Waals surface area contributed by atoms with E-state index in [0.717, 1.165) is 16.1 Å². The van der Waals surface area contributed by atoms with E-state index in [-0.39, 0.29) is 36.2 Å². The Morgan fingerprint density at radius 3 is 2.12 bits per heavy atom. The molecule has 0 saturated carbocycles. The highest BCUT2D eigenvalue weighted by Gasteiger charge is 2.33. The zero-order valence-electron chi connectivity index (χ0n) is 24.5. The van der Waals surface area contributed by atoms with Gasteiger partial charge in [-0.3, -0.25) is 13.9 Å². The smallest absolute Gasteiger partial charge is 0.244 e. The standard InChI is InChI=1S/C31H38FN3O6S/c1-22(2)19-33-31(37)27(17-23-9-7-6-8-10-23)34(20-24-11-13-25(32)14-12-24)30(36)21-35(42(5,38)39)26-15-16-28(40-3)29(18-26)41-4/h6-16,18,22,27H,17,19-21H2,1-5H3,(H,33,37)/t27-/m1/s1. The van der Waals surface area contributed by atoms with Gasteiger partial charge in [0.05, 0.1) is 26.2 Å². The third-order valence-corrected chi connectivity index (χ3v) is 7.70. The molecule has 11 heteroatoms. The molecule has 0 aliphatic heterocycles. The van der Waals surface area contributed by atoms with Gasteiger partial charge in [-0.05, 0) is 41.3 Å². The van der Waals surface area contributed by atoms with Crippen LogP contribution in [0.5, 0.6) is 11.5 Å². The van der Waals surface area contributed by atoms with Crippen molar-refractivity contribution in [2.45, 2.75) is 32.9 Å². The van der Waals surface area contributed by atoms with Crippen molar-refractivity contribution in [3.63, 3.8) is 0 Å². The molecular formula is C31H38FN3O6S. The molecular weight excluding hydrogens is 561 g/mol. The van der Waals surface area contributed by atoms with Crippen molar-refractivity contribution >= 4 is 27.5 Å². The van der Waals surface area contributed by atoms with E-state index in [1.54, 1.807) is 6.07 Å². The molecule has 0 fully saturated rings. The van der Waals surface area contributed by atoms with Crippen LogP contribution in [0.2, 0.25) is 0 Å². The Labute approximate surface area is 247 Å². The molecule has 3 aromatic rings. The van der Waals surface area contributed by atoms with Crippen LogP contribution in [0.15, 0.2) is 72.8 Å². The van der Waals surface area contributed by atoms with Crippen LogP contribution in [-0.4, -0.2) is 64.7 Å². The Morgan fingerprint density at radius 2 is 1.55 bits per heavy atom. The van der Waals surface area contributed by atoms with Crippen LogP contribution in [-0.2, 0) is 32.6 Å². The van der Waals surface area contributed by atoms with Crippen molar-refractivity contribution in [3.05, 3.63) is 89.7 Å². The van der Waals surface area contributed by atoms with Crippen molar-refractivity contribution in [2.75, 3.05) is 37.9 Å². The number of nitrogens with zero attached hydrogens (tertiary/aromatic N) is 2. The zero-order valence-corrected chi connectivity index (χ0v) is 25.4. The number of methoxy groups -OCH3 is 2. The predicted octanol–water partition coefficient (Wildman–Crippen LogP) is 4.02. The molecule has 0 heterocycles. The van der Waals surface area contributed by atoms with Crippen LogP contribution in [0, 0.1) is 11.7 Å². The molecule has 3 aromatic carbocycles. The molecule has 1 atom stereocenters. The maximum Gasteiger partial charge on any atom is 0.244 e. The third kappa shape index (κ3) is 8.94. The van der Waals surface area contributed by atoms with Crippen molar-refractivity contribution in [2.24, 2.45) is 5.92 Å². The van der Waals surface area contributed by atoms with Gasteiger partial charge in [0.1, 0.15) is 18.4 Å². The number of carbonyl (C=O) groups excluding carboxylic acids is 2. The number of halogens is 1. The van der Waals surface area contributed by atoms with Crippen molar-refractivity contribution in [3.8, 4) is 11.5 Å². The molecule has 0 bridgehead atoms. The number of anilines is 1. The Bertz CT molecular complexity index is 1450. The van der Waals surface area contributed by atoms with E-state index in [1.807, 2.05) is 44.2 Å². The largest absolute Gasteiger partial charge is 0.493 e. The summed E-state index contributed by atoms with van der Waals surface area (Å²) in [5.74, 6) is -0.583. The highest BCUT2D eigenvalue weighted by Crippen LogP contribution is 2.32. The van der Waals surface area contributed by atoms with Gasteiger partial charge in [-0.25, -0.2) is 12.8 Å². The molecule has 0 saturated heterocycles. The van der Waals surface area contributed by atoms with Crippen LogP contribution in [0.25, 0.3) is 0 Å². The molecule has 3 rings (SSSR count). The first kappa shape index (κ1) is 32.4. The first-order chi connectivity index (χ1) is 19.9. The quantitative estimate of drug-likeness (QED) is 0.300. The van der Waals surface area contributed by atoms with Crippen LogP contribution < -0.4 is 19.1 Å². The number of benzene rings is 3. The van der Waals surface area contributed by atoms with Crippen LogP contribution in [0.3, 0.4) is 0 Å². The van der Waals surface area contributed by atoms with Crippen LogP contribution >= 0.6 is 0 Å². The Morgan fingerprint density at radius 1 is 0.905 bits per heavy atom. The van der Waals surface area contributed by atoms with Gasteiger partial charge in [0.2, 0.25) is 21.8 Å². The van der Waals surface area contributed by atoms with Gasteiger partial charge in [-0.2, -0.15) is 0 Å². The molecule has 0 spiro atoms. The lowest BCUT2D eigenvalue weighted by Gasteiger charge is -2.33. The molecule has 42 heavy (non-hydrogen) atoms. The highest BCUT2D eigenvalue weighted by molar-refractivity contribution is 7.92. The topological polar surface area (TPSA) is 105 Å². The molecule has 0 aromatic heterocycles. The first-order valence-electron chi connectivity index (χ1n) is 13.5. The maximum absolute atomic E-state index is 14.1. The minimum Gasteiger partial charge on any atom is -0.493 e. The van der Waals surface area contributed by atoms with E-state index in [1.165, 1.54) is 55.5 Å². The second-order valence-corrected chi connectivity index (χ2v) is 12.2. The third-order valence-electron chi connectivity index (χ3n) is 6.56. The van der Waals surface area contributed by atoms with E-state index in [0.29, 0.717) is 17.9 Å². The SMILES string of the molecule is COc1ccc(N(CC(=O)N(Cc2ccc(F)cc2)[C@H](Cc2ccccc2)C(=O)NCC(C)C)S(C)(=O)=O)cc1OC. The van der Waals surface area contributed by atoms with E-state index in [4.69, 9.17) is 9.47 Å². The number of amides is 2. The molecule has 9 nitrogen and oxygen atoms in total. The summed E-state index contributed by atoms with van der Waals surface area (Å²) in [5, 5.41) is 2.92. The summed E-state index contributed by atoms with van der Waals surface area (Å²) in [4.78, 5) is 29.1. The average Bonchev–Trinajstić information content (AvgIpc) is 2.96. The van der Waals surface area contributed by atoms with E-state index >= 15 is 0 Å². The van der Waals surface area contributed by atoms with Crippen LogP contribution in [0.1, 0.15) is 25.0 Å². The van der Waals surface area contributed by atoms with E-state index in [2.05, 4.69) is 5.32 Å². The number of hydrogen-bond acceptors (Lipinski definition) is 6. The lowest BCUT2D eigenvalue weighted by Crippen LogP contribution is -2.53. The van der Waals surface area contributed by atoms with Gasteiger partial charge in [-0.1, -0.05) is 56.3 Å². The average molecular weight is 600 g/mol. The number of carbonyl (C=O) groups is 2. The van der Waals surface area contributed by atoms with E-state index in [9.17, 15) is 22.4 Å². The first-order valence-corrected chi connectivity index (χ1v) is 15.3. The number of ether oxygens (including phenoxy) is 2. The molecule has 1 N–H and O–H groups in total. The number of nitrogens with one attached hydrogen (secondary N) is 1. The van der Waals surface area contributed by atoms with Gasteiger partial charge < -0.3 is 19.7 Å². The summed E-state index contributed by atoms with van der Waals surface area (Å²) in [5.41, 5.74) is 1.59. The lowest BCUT2D eigenvalue weighted by molar-refractivity contribution is -0.140. The summed E-state index contributed by atoms with van der Waals surface area (Å²) < 4.78 is 51.2. The van der Waals surface area contributed by atoms with Gasteiger partial charge in [0.15, 0.2) is 11.5 Å². The van der Waals surface area contributed by atoms with Gasteiger partial charge in [-0.15, -0.1) is 0 Å². The summed E-state index contributed by atoms with van der Waals surface area (Å²) in [6.45, 7) is 3.68. The molecule has 2 amide bonds. The van der Waals surface area contributed by atoms with Crippen molar-refractivity contribution in [1.82, 2.24) is 10.2 Å². The number of rotatable bonds is 14. The minimum atomic E-state index is -3.96. The molecule has 0 radical (unpaired) electrons.